The topological polar surface area (TPSA) is 84.5 Å². The zero-order chi connectivity index (χ0) is 19.2. The van der Waals surface area contributed by atoms with E-state index in [0.29, 0.717) is 6.54 Å². The largest absolute Gasteiger partial charge is 0.494 e. The summed E-state index contributed by atoms with van der Waals surface area (Å²) in [4.78, 5) is 12.1. The van der Waals surface area contributed by atoms with E-state index in [2.05, 4.69) is 10.0 Å². The molecule has 0 saturated carbocycles. The molecular weight excluding hydrogens is 359 g/mol. The van der Waals surface area contributed by atoms with Crippen LogP contribution in [0, 0.1) is 5.82 Å². The van der Waals surface area contributed by atoms with E-state index in [1.54, 1.807) is 12.1 Å². The molecule has 1 amide bonds. The molecule has 0 heterocycles. The summed E-state index contributed by atoms with van der Waals surface area (Å²) in [5.41, 5.74) is 0.353. The number of nitrogens with one attached hydrogen (secondary N) is 2. The van der Waals surface area contributed by atoms with E-state index in [0.717, 1.165) is 31.0 Å². The van der Waals surface area contributed by atoms with Crippen molar-refractivity contribution in [1.82, 2.24) is 5.32 Å². The van der Waals surface area contributed by atoms with Gasteiger partial charge in [-0.1, -0.05) is 25.5 Å². The Balaban J connectivity index is 2.28. The number of hydrogen-bond donors (Lipinski definition) is 2. The van der Waals surface area contributed by atoms with Gasteiger partial charge in [-0.3, -0.25) is 9.52 Å². The van der Waals surface area contributed by atoms with Gasteiger partial charge in [-0.15, -0.1) is 0 Å². The lowest BCUT2D eigenvalue weighted by molar-refractivity contribution is 0.0954. The van der Waals surface area contributed by atoms with E-state index in [9.17, 15) is 17.6 Å². The Morgan fingerprint density at radius 3 is 2.62 bits per heavy atom. The molecule has 0 aliphatic heterocycles. The maximum atomic E-state index is 13.5. The van der Waals surface area contributed by atoms with Gasteiger partial charge in [0.15, 0.2) is 11.6 Å². The summed E-state index contributed by atoms with van der Waals surface area (Å²) in [6.07, 6.45) is 1.76. The first-order chi connectivity index (χ1) is 12.4. The fourth-order valence-corrected chi connectivity index (χ4v) is 3.35. The van der Waals surface area contributed by atoms with Crippen molar-refractivity contribution in [2.24, 2.45) is 0 Å². The van der Waals surface area contributed by atoms with Crippen LogP contribution in [0.3, 0.4) is 0 Å². The van der Waals surface area contributed by atoms with Crippen LogP contribution < -0.4 is 14.8 Å². The van der Waals surface area contributed by atoms with Gasteiger partial charge < -0.3 is 10.1 Å². The van der Waals surface area contributed by atoms with Gasteiger partial charge in [0.25, 0.3) is 15.9 Å². The highest BCUT2D eigenvalue weighted by Crippen LogP contribution is 2.24. The number of ether oxygens (including phenoxy) is 1. The number of rotatable bonds is 8. The minimum atomic E-state index is -4.02. The van der Waals surface area contributed by atoms with Crippen molar-refractivity contribution in [1.29, 1.82) is 0 Å². The van der Waals surface area contributed by atoms with Gasteiger partial charge in [-0.2, -0.15) is 0 Å². The average molecular weight is 380 g/mol. The molecule has 0 unspecified atom stereocenters. The van der Waals surface area contributed by atoms with E-state index in [-0.39, 0.29) is 27.8 Å². The van der Waals surface area contributed by atoms with Crippen molar-refractivity contribution in [3.05, 3.63) is 53.8 Å². The van der Waals surface area contributed by atoms with Crippen molar-refractivity contribution in [3.63, 3.8) is 0 Å². The van der Waals surface area contributed by atoms with Crippen molar-refractivity contribution in [3.8, 4) is 5.75 Å². The Morgan fingerprint density at radius 2 is 1.92 bits per heavy atom. The van der Waals surface area contributed by atoms with Crippen molar-refractivity contribution >= 4 is 21.6 Å². The monoisotopic (exact) mass is 380 g/mol. The first-order valence-corrected chi connectivity index (χ1v) is 9.61. The number of benzene rings is 2. The molecule has 0 atom stereocenters. The number of anilines is 1. The lowest BCUT2D eigenvalue weighted by Gasteiger charge is -2.13. The molecule has 0 fully saturated rings. The lowest BCUT2D eigenvalue weighted by atomic mass is 10.1. The average Bonchev–Trinajstić information content (AvgIpc) is 2.62. The smallest absolute Gasteiger partial charge is 0.262 e. The van der Waals surface area contributed by atoms with Gasteiger partial charge in [0.05, 0.1) is 23.3 Å². The second kappa shape index (κ2) is 8.66. The summed E-state index contributed by atoms with van der Waals surface area (Å²) < 4.78 is 45.9. The van der Waals surface area contributed by atoms with Gasteiger partial charge in [0, 0.05) is 12.6 Å². The number of carbonyl (C=O) groups excluding carboxylic acids is 1. The summed E-state index contributed by atoms with van der Waals surface area (Å²) >= 11 is 0. The van der Waals surface area contributed by atoms with Gasteiger partial charge in [-0.05, 0) is 30.7 Å². The number of hydrogen-bond acceptors (Lipinski definition) is 4. The van der Waals surface area contributed by atoms with E-state index in [1.165, 1.54) is 19.2 Å². The number of amides is 1. The maximum Gasteiger partial charge on any atom is 0.262 e. The highest BCUT2D eigenvalue weighted by atomic mass is 32.2. The van der Waals surface area contributed by atoms with E-state index in [1.807, 2.05) is 6.92 Å². The van der Waals surface area contributed by atoms with E-state index in [4.69, 9.17) is 4.74 Å². The summed E-state index contributed by atoms with van der Waals surface area (Å²) in [5, 5.41) is 2.75. The molecule has 0 radical (unpaired) electrons. The molecule has 2 aromatic carbocycles. The second-order valence-corrected chi connectivity index (χ2v) is 7.24. The van der Waals surface area contributed by atoms with E-state index < -0.39 is 15.8 Å². The fraction of sp³-hybridized carbons (Fsp3) is 0.278. The molecule has 0 aliphatic carbocycles. The predicted molar refractivity (Wildman–Crippen MR) is 97.4 cm³/mol. The van der Waals surface area contributed by atoms with Gasteiger partial charge in [0.2, 0.25) is 0 Å². The highest BCUT2D eigenvalue weighted by molar-refractivity contribution is 7.92. The van der Waals surface area contributed by atoms with Crippen LogP contribution in [-0.4, -0.2) is 28.0 Å². The van der Waals surface area contributed by atoms with Crippen LogP contribution in [-0.2, 0) is 10.0 Å². The quantitative estimate of drug-likeness (QED) is 0.689. The normalized spacial score (nSPS) is 11.0. The van der Waals surface area contributed by atoms with Crippen LogP contribution in [0.4, 0.5) is 10.1 Å². The Kier molecular flexibility index (Phi) is 6.57. The first kappa shape index (κ1) is 19.7. The third-order valence-electron chi connectivity index (χ3n) is 3.66. The zero-order valence-electron chi connectivity index (χ0n) is 14.6. The number of carbonyl (C=O) groups is 1. The van der Waals surface area contributed by atoms with Crippen LogP contribution in [0.25, 0.3) is 0 Å². The minimum absolute atomic E-state index is 0.143. The third kappa shape index (κ3) is 4.72. The van der Waals surface area contributed by atoms with E-state index >= 15 is 0 Å². The summed E-state index contributed by atoms with van der Waals surface area (Å²) in [6.45, 7) is 2.51. The SMILES string of the molecule is CCCCNC(=O)c1ccccc1NS(=O)(=O)c1ccc(F)c(OC)c1. The van der Waals surface area contributed by atoms with Crippen molar-refractivity contribution < 1.29 is 22.3 Å². The molecule has 6 nitrogen and oxygen atoms in total. The number of unbranched alkanes of at least 4 members (excludes halogenated alkanes) is 1. The molecule has 2 N–H and O–H groups in total. The molecule has 0 aliphatic rings. The van der Waals surface area contributed by atoms with Crippen LogP contribution >= 0.6 is 0 Å². The number of sulfonamides is 1. The summed E-state index contributed by atoms with van der Waals surface area (Å²) in [5.74, 6) is -1.21. The molecular formula is C18H21FN2O4S. The fourth-order valence-electron chi connectivity index (χ4n) is 2.25. The maximum absolute atomic E-state index is 13.5. The minimum Gasteiger partial charge on any atom is -0.494 e. The molecule has 0 bridgehead atoms. The lowest BCUT2D eigenvalue weighted by Crippen LogP contribution is -2.26. The Hall–Kier alpha value is -2.61. The molecule has 0 aromatic heterocycles. The Bertz CT molecular complexity index is 885. The molecule has 2 aromatic rings. The van der Waals surface area contributed by atoms with Crippen molar-refractivity contribution in [2.75, 3.05) is 18.4 Å². The molecule has 0 spiro atoms. The third-order valence-corrected chi connectivity index (χ3v) is 5.03. The molecule has 2 rings (SSSR count). The predicted octanol–water partition coefficient (Wildman–Crippen LogP) is 3.17. The first-order valence-electron chi connectivity index (χ1n) is 8.12. The molecule has 26 heavy (non-hydrogen) atoms. The van der Waals surface area contributed by atoms with Crippen LogP contribution in [0.1, 0.15) is 30.1 Å². The van der Waals surface area contributed by atoms with Crippen molar-refractivity contribution in [2.45, 2.75) is 24.7 Å². The highest BCUT2D eigenvalue weighted by Gasteiger charge is 2.20. The second-order valence-electron chi connectivity index (χ2n) is 5.56. The number of halogens is 1. The summed E-state index contributed by atoms with van der Waals surface area (Å²) in [7, 11) is -2.77. The van der Waals surface area contributed by atoms with Crippen LogP contribution in [0.5, 0.6) is 5.75 Å². The van der Waals surface area contributed by atoms with Crippen LogP contribution in [0.15, 0.2) is 47.4 Å². The number of methoxy groups -OCH3 is 1. The summed E-state index contributed by atoms with van der Waals surface area (Å²) in [6, 6.07) is 9.51. The van der Waals surface area contributed by atoms with Crippen LogP contribution in [0.2, 0.25) is 0 Å². The van der Waals surface area contributed by atoms with Gasteiger partial charge >= 0.3 is 0 Å². The molecule has 8 heteroatoms. The number of para-hydroxylation sites is 1. The molecule has 140 valence electrons. The zero-order valence-corrected chi connectivity index (χ0v) is 15.4. The molecule has 0 saturated heterocycles. The van der Waals surface area contributed by atoms with Gasteiger partial charge in [-0.25, -0.2) is 12.8 Å². The van der Waals surface area contributed by atoms with Gasteiger partial charge in [0.1, 0.15) is 0 Å². The standard InChI is InChI=1S/C18H21FN2O4S/c1-3-4-11-20-18(22)14-7-5-6-8-16(14)21-26(23,24)13-9-10-15(19)17(12-13)25-2/h5-10,12,21H,3-4,11H2,1-2H3,(H,20,22). The Morgan fingerprint density at radius 1 is 1.19 bits per heavy atom. The Labute approximate surface area is 152 Å².